The van der Waals surface area contributed by atoms with Crippen molar-refractivity contribution in [3.05, 3.63) is 38.1 Å². The van der Waals surface area contributed by atoms with Crippen molar-refractivity contribution in [3.63, 3.8) is 0 Å². The highest BCUT2D eigenvalue weighted by atomic mass is 32.1. The van der Waals surface area contributed by atoms with Gasteiger partial charge in [0.15, 0.2) is 0 Å². The van der Waals surface area contributed by atoms with Gasteiger partial charge in [0.25, 0.3) is 0 Å². The molecular weight excluding hydrogens is 398 g/mol. The first-order valence-electron chi connectivity index (χ1n) is 9.27. The highest BCUT2D eigenvalue weighted by Gasteiger charge is 2.30. The summed E-state index contributed by atoms with van der Waals surface area (Å²) in [6.45, 7) is 3.41. The van der Waals surface area contributed by atoms with Crippen molar-refractivity contribution in [1.82, 2.24) is 9.80 Å². The molecule has 0 aliphatic carbocycles. The number of amides is 1. The predicted octanol–water partition coefficient (Wildman–Crippen LogP) is 3.06. The van der Waals surface area contributed by atoms with Crippen LogP contribution >= 0.6 is 11.3 Å². The molecule has 3 heterocycles. The van der Waals surface area contributed by atoms with Crippen molar-refractivity contribution >= 4 is 23.1 Å². The summed E-state index contributed by atoms with van der Waals surface area (Å²) in [4.78, 5) is 26.8. The number of carboxylic acid groups (broad SMARTS) is 1. The number of nitro groups is 1. The van der Waals surface area contributed by atoms with Crippen LogP contribution in [-0.4, -0.2) is 65.8 Å². The Balaban J connectivity index is 1.65. The first-order valence-corrected chi connectivity index (χ1v) is 10.2. The van der Waals surface area contributed by atoms with Crippen molar-refractivity contribution in [2.45, 2.75) is 13.0 Å². The Hall–Kier alpha value is -2.85. The molecule has 154 valence electrons. The van der Waals surface area contributed by atoms with E-state index in [-0.39, 0.29) is 11.4 Å². The normalized spacial score (nSPS) is 16.4. The summed E-state index contributed by atoms with van der Waals surface area (Å²) in [7, 11) is 1.45. The van der Waals surface area contributed by atoms with Crippen LogP contribution in [0.2, 0.25) is 0 Å². The molecule has 1 amide bonds. The molecular formula is C19H21N3O6S. The van der Waals surface area contributed by atoms with Gasteiger partial charge >= 0.3 is 11.8 Å². The van der Waals surface area contributed by atoms with Crippen molar-refractivity contribution in [2.24, 2.45) is 0 Å². The number of hydrogen-bond donors (Lipinski definition) is 1. The molecule has 1 fully saturated rings. The highest BCUT2D eigenvalue weighted by Crippen LogP contribution is 2.49. The molecule has 1 saturated heterocycles. The zero-order chi connectivity index (χ0) is 20.5. The number of carbonyl (C=O) groups is 1. The topological polar surface area (TPSA) is 105 Å². The fourth-order valence-electron chi connectivity index (χ4n) is 3.86. The van der Waals surface area contributed by atoms with Crippen LogP contribution in [0.3, 0.4) is 0 Å². The van der Waals surface area contributed by atoms with Crippen LogP contribution in [0.1, 0.15) is 10.4 Å². The van der Waals surface area contributed by atoms with Gasteiger partial charge in [-0.15, -0.1) is 11.3 Å². The average Bonchev–Trinajstić information content (AvgIpc) is 2.99. The van der Waals surface area contributed by atoms with Crippen molar-refractivity contribution in [2.75, 3.05) is 39.9 Å². The molecule has 0 saturated carbocycles. The van der Waals surface area contributed by atoms with Gasteiger partial charge in [-0.1, -0.05) is 6.07 Å². The van der Waals surface area contributed by atoms with Gasteiger partial charge < -0.3 is 19.5 Å². The molecule has 0 spiro atoms. The van der Waals surface area contributed by atoms with Gasteiger partial charge in [-0.3, -0.25) is 15.0 Å². The number of rotatable bonds is 4. The van der Waals surface area contributed by atoms with E-state index in [1.807, 2.05) is 5.38 Å². The minimum atomic E-state index is -0.886. The zero-order valence-electron chi connectivity index (χ0n) is 15.9. The minimum Gasteiger partial charge on any atom is -0.491 e. The van der Waals surface area contributed by atoms with E-state index in [1.165, 1.54) is 18.1 Å². The number of nitro benzene ring substituents is 1. The number of thiophene rings is 1. The molecule has 2 aliphatic heterocycles. The van der Waals surface area contributed by atoms with Gasteiger partial charge in [0.05, 0.1) is 23.5 Å². The van der Waals surface area contributed by atoms with Crippen LogP contribution in [-0.2, 0) is 13.0 Å². The highest BCUT2D eigenvalue weighted by molar-refractivity contribution is 7.10. The van der Waals surface area contributed by atoms with Gasteiger partial charge in [-0.05, 0) is 5.56 Å². The number of piperazine rings is 1. The number of methoxy groups -OCH3 is 1. The SMILES string of the molecule is COc1c([N+](=O)[O-])ccc2c1-c1csc(CN3CCN(C(=O)O)CC3)c1OCC2. The van der Waals surface area contributed by atoms with Gasteiger partial charge in [0, 0.05) is 61.7 Å². The van der Waals surface area contributed by atoms with E-state index in [0.29, 0.717) is 45.8 Å². The lowest BCUT2D eigenvalue weighted by molar-refractivity contribution is -0.385. The van der Waals surface area contributed by atoms with Gasteiger partial charge in [0.2, 0.25) is 5.75 Å². The molecule has 0 atom stereocenters. The fraction of sp³-hybridized carbons (Fsp3) is 0.421. The Morgan fingerprint density at radius 2 is 2.10 bits per heavy atom. The molecule has 2 aromatic rings. The quantitative estimate of drug-likeness (QED) is 0.600. The van der Waals surface area contributed by atoms with E-state index in [2.05, 4.69) is 4.90 Å². The summed E-state index contributed by atoms with van der Waals surface area (Å²) >= 11 is 1.55. The van der Waals surface area contributed by atoms with Gasteiger partial charge in [0.1, 0.15) is 5.75 Å². The van der Waals surface area contributed by atoms with E-state index >= 15 is 0 Å². The molecule has 10 heteroatoms. The molecule has 2 aliphatic rings. The Morgan fingerprint density at radius 1 is 1.34 bits per heavy atom. The van der Waals surface area contributed by atoms with Crippen LogP contribution in [0, 0.1) is 10.1 Å². The van der Waals surface area contributed by atoms with E-state index in [0.717, 1.165) is 27.3 Å². The molecule has 1 N–H and O–H groups in total. The molecule has 4 rings (SSSR count). The second-order valence-electron chi connectivity index (χ2n) is 6.96. The molecule has 0 radical (unpaired) electrons. The van der Waals surface area contributed by atoms with Gasteiger partial charge in [-0.2, -0.15) is 0 Å². The van der Waals surface area contributed by atoms with E-state index in [4.69, 9.17) is 14.6 Å². The Labute approximate surface area is 171 Å². The van der Waals surface area contributed by atoms with Crippen LogP contribution in [0.15, 0.2) is 17.5 Å². The van der Waals surface area contributed by atoms with Crippen LogP contribution in [0.25, 0.3) is 11.1 Å². The maximum atomic E-state index is 11.5. The lowest BCUT2D eigenvalue weighted by atomic mass is 9.97. The van der Waals surface area contributed by atoms with E-state index in [1.54, 1.807) is 17.4 Å². The Bertz CT molecular complexity index is 952. The molecule has 0 bridgehead atoms. The summed E-state index contributed by atoms with van der Waals surface area (Å²) in [5.74, 6) is 1.01. The molecule has 0 unspecified atom stereocenters. The summed E-state index contributed by atoms with van der Waals surface area (Å²) < 4.78 is 11.5. The number of benzene rings is 1. The summed E-state index contributed by atoms with van der Waals surface area (Å²) in [5.41, 5.74) is 2.46. The Morgan fingerprint density at radius 3 is 2.76 bits per heavy atom. The van der Waals surface area contributed by atoms with Gasteiger partial charge in [-0.25, -0.2) is 4.79 Å². The maximum Gasteiger partial charge on any atom is 0.407 e. The lowest BCUT2D eigenvalue weighted by Crippen LogP contribution is -2.47. The largest absolute Gasteiger partial charge is 0.491 e. The van der Waals surface area contributed by atoms with Crippen LogP contribution in [0.4, 0.5) is 10.5 Å². The molecule has 1 aromatic heterocycles. The predicted molar refractivity (Wildman–Crippen MR) is 107 cm³/mol. The van der Waals surface area contributed by atoms with E-state index in [9.17, 15) is 14.9 Å². The van der Waals surface area contributed by atoms with Crippen LogP contribution < -0.4 is 9.47 Å². The third kappa shape index (κ3) is 3.60. The van der Waals surface area contributed by atoms with Crippen molar-refractivity contribution in [1.29, 1.82) is 0 Å². The number of hydrogen-bond acceptors (Lipinski definition) is 7. The third-order valence-corrected chi connectivity index (χ3v) is 6.29. The monoisotopic (exact) mass is 419 g/mol. The number of ether oxygens (including phenoxy) is 2. The minimum absolute atomic E-state index is 0.0587. The average molecular weight is 419 g/mol. The second kappa shape index (κ2) is 7.88. The standard InChI is InChI=1S/C19H21N3O6S/c1-27-18-14(22(25)26)3-2-12-4-9-28-17-13(16(12)18)11-29-15(17)10-20-5-7-21(8-6-20)19(23)24/h2-3,11H,4-10H2,1H3,(H,23,24). The number of fused-ring (bicyclic) bond motifs is 3. The first-order chi connectivity index (χ1) is 14.0. The van der Waals surface area contributed by atoms with Crippen LogP contribution in [0.5, 0.6) is 11.5 Å². The summed E-state index contributed by atoms with van der Waals surface area (Å²) in [6, 6.07) is 3.26. The molecule has 9 nitrogen and oxygen atoms in total. The smallest absolute Gasteiger partial charge is 0.407 e. The first kappa shape index (κ1) is 19.5. The van der Waals surface area contributed by atoms with Crippen molar-refractivity contribution in [3.8, 4) is 22.6 Å². The lowest BCUT2D eigenvalue weighted by Gasteiger charge is -2.32. The second-order valence-corrected chi connectivity index (χ2v) is 7.92. The molecule has 1 aromatic carbocycles. The fourth-order valence-corrected chi connectivity index (χ4v) is 4.87. The summed E-state index contributed by atoms with van der Waals surface area (Å²) in [6.07, 6.45) is -0.247. The zero-order valence-corrected chi connectivity index (χ0v) is 16.7. The number of nitrogens with zero attached hydrogens (tertiary/aromatic N) is 3. The third-order valence-electron chi connectivity index (χ3n) is 5.34. The molecule has 29 heavy (non-hydrogen) atoms. The van der Waals surface area contributed by atoms with Crippen molar-refractivity contribution < 1.29 is 24.3 Å². The Kier molecular flexibility index (Phi) is 5.29. The van der Waals surface area contributed by atoms with E-state index < -0.39 is 11.0 Å². The maximum absolute atomic E-state index is 11.5. The summed E-state index contributed by atoms with van der Waals surface area (Å²) in [5, 5.41) is 22.5.